The first-order valence-electron chi connectivity index (χ1n) is 50.3. The zero-order valence-electron chi connectivity index (χ0n) is 86.8. The van der Waals surface area contributed by atoms with Crippen molar-refractivity contribution in [2.24, 2.45) is 0 Å². The Morgan fingerprint density at radius 3 is 1.25 bits per heavy atom. The van der Waals surface area contributed by atoms with E-state index in [-0.39, 0.29) is 44.7 Å². The van der Waals surface area contributed by atoms with Gasteiger partial charge < -0.3 is 18.3 Å². The van der Waals surface area contributed by atoms with Crippen molar-refractivity contribution in [3.63, 3.8) is 0 Å². The van der Waals surface area contributed by atoms with Crippen LogP contribution < -0.4 is 14.7 Å². The second-order valence-corrected chi connectivity index (χ2v) is 40.3. The molecule has 6 aromatic heterocycles. The number of nitrogens with zero attached hydrogens (tertiary/aromatic N) is 8. The molecule has 12 nitrogen and oxygen atoms in total. The van der Waals surface area contributed by atoms with Crippen molar-refractivity contribution in [3.8, 4) is 157 Å². The van der Waals surface area contributed by atoms with Gasteiger partial charge in [0, 0.05) is 101 Å². The van der Waals surface area contributed by atoms with Crippen LogP contribution in [0.5, 0.6) is 23.0 Å². The van der Waals surface area contributed by atoms with Crippen LogP contribution in [0.3, 0.4) is 0 Å². The second-order valence-electron chi connectivity index (χ2n) is 35.3. The molecule has 0 bridgehead atoms. The Balaban J connectivity index is 0.000000158. The fourth-order valence-electron chi connectivity index (χ4n) is 20.2. The SMILES string of the molecule is [2H]C([2H])([2H])c1cc2c(cc1-c1c(C([2H])([2H])C)ccc3c1oc1nc4ccccc4n13)C(C)(C)C(C)(C)c1ccc(C([2H])([2H])[2H])c(-c3ccc4c(c3)-c3ccccc3-c3ncncc3-c3ccccc3-4)c1O2.[2H]C([2H])([2H])c1cc2c(cc1-c1c(C([2H])([2H])C)ccc3c1oc1nc4ccccc4n13)[Si](C)(C)C(C)(C)c1ccc(C([2H])([2H])[2H])c(-c3ccc4c(c3)-c3ccccc3-c3ncncc3-c3ccccc3-4)c1O2. The highest BCUT2D eigenvalue weighted by atomic mass is 28.3. The van der Waals surface area contributed by atoms with Crippen molar-refractivity contribution in [2.75, 3.05) is 0 Å². The van der Waals surface area contributed by atoms with Gasteiger partial charge in [0.1, 0.15) is 35.7 Å². The first-order chi connectivity index (χ1) is 67.3. The molecule has 0 saturated heterocycles. The maximum Gasteiger partial charge on any atom is 0.307 e. The standard InChI is InChI=1S/C57H46N4O2.C56H46N4O2Si/c1-8-34-23-26-48-54(63-55-60-46-19-13-14-20-47(46)61(48)55)51(34)41-29-45-49(27-33(41)3)62-53-44(56(4,5)57(45,6)7)25-21-32(2)50(53)35-22-24-39-36-15-9-10-16-37(36)43-30-58-31-59-52(43)40-18-12-11-17-38(40)42(39)28-35;1-8-34-23-26-47-54(62-55-59-45-19-13-14-20-46(45)60(47)55)51(34)41-29-49-48(27-33(41)3)61-53-44(56(4,5)63(49,6)7)25-21-32(2)50(53)35-22-24-39-36-15-9-10-16-37(36)43-30-57-31-58-52(43)40-18-12-11-17-38(40)42(39)28-35/h2*9-31H,8H2,1-7H3/i2*2D3,3D3,8D2. The van der Waals surface area contributed by atoms with Crippen LogP contribution in [0.4, 0.5) is 0 Å². The largest absolute Gasteiger partial charge is 0.457 e. The smallest absolute Gasteiger partial charge is 0.307 e. The molecule has 0 spiro atoms. The van der Waals surface area contributed by atoms with Gasteiger partial charge in [0.15, 0.2) is 11.2 Å². The van der Waals surface area contributed by atoms with Gasteiger partial charge in [-0.3, -0.25) is 8.80 Å². The Bertz CT molecular complexity index is 8290. The van der Waals surface area contributed by atoms with Crippen LogP contribution in [0.15, 0.2) is 289 Å². The lowest BCUT2D eigenvalue weighted by molar-refractivity contribution is 0.306. The van der Waals surface area contributed by atoms with Crippen molar-refractivity contribution < 1.29 is 40.2 Å². The summed E-state index contributed by atoms with van der Waals surface area (Å²) in [5, 5.41) is 0.125. The molecule has 2 aliphatic heterocycles. The minimum absolute atomic E-state index is 0.0619. The molecular formula is C113H92N8O4Si. The van der Waals surface area contributed by atoms with E-state index in [4.69, 9.17) is 60.2 Å². The van der Waals surface area contributed by atoms with Crippen LogP contribution in [-0.2, 0) is 28.6 Å². The normalized spacial score (nSPS) is 16.9. The van der Waals surface area contributed by atoms with Gasteiger partial charge in [-0.1, -0.05) is 257 Å². The highest BCUT2D eigenvalue weighted by Crippen LogP contribution is 2.60. The molecule has 0 unspecified atom stereocenters. The third-order valence-corrected chi connectivity index (χ3v) is 33.2. The molecule has 24 rings (SSSR count). The maximum absolute atomic E-state index is 9.11. The van der Waals surface area contributed by atoms with Crippen molar-refractivity contribution in [2.45, 2.75) is 125 Å². The van der Waals surface area contributed by atoms with Gasteiger partial charge in [-0.15, -0.1) is 0 Å². The number of fused-ring (bicyclic) bond motifs is 30. The molecule has 0 saturated carbocycles. The number of ether oxygens (including phenoxy) is 2. The van der Waals surface area contributed by atoms with E-state index in [9.17, 15) is 0 Å². The molecule has 2 aliphatic carbocycles. The number of imidazole rings is 2. The second kappa shape index (κ2) is 28.1. The van der Waals surface area contributed by atoms with Crippen LogP contribution in [0.1, 0.15) is 127 Å². The first kappa shape index (κ1) is 61.0. The van der Waals surface area contributed by atoms with E-state index in [1.807, 2.05) is 191 Å². The quantitative estimate of drug-likeness (QED) is 0.148. The fourth-order valence-corrected chi connectivity index (χ4v) is 23.0. The lowest BCUT2D eigenvalue weighted by Crippen LogP contribution is -2.56. The first-order valence-corrected chi connectivity index (χ1v) is 45.3. The van der Waals surface area contributed by atoms with Gasteiger partial charge >= 0.3 is 11.7 Å². The number of rotatable bonds is 6. The predicted molar refractivity (Wildman–Crippen MR) is 515 cm³/mol. The predicted octanol–water partition coefficient (Wildman–Crippen LogP) is 28.9. The number of hydrogen-bond donors (Lipinski definition) is 0. The molecule has 0 amide bonds. The minimum Gasteiger partial charge on any atom is -0.457 e. The Kier molecular flexibility index (Phi) is 13.6. The summed E-state index contributed by atoms with van der Waals surface area (Å²) in [4.78, 5) is 28.0. The zero-order chi connectivity index (χ0) is 99.5. The summed E-state index contributed by atoms with van der Waals surface area (Å²) >= 11 is 0. The molecule has 0 atom stereocenters. The van der Waals surface area contributed by atoms with Gasteiger partial charge in [-0.2, -0.15) is 9.97 Å². The number of aromatic nitrogens is 8. The van der Waals surface area contributed by atoms with Crippen LogP contribution >= 0.6 is 0 Å². The van der Waals surface area contributed by atoms with Crippen LogP contribution in [0, 0.1) is 27.4 Å². The van der Waals surface area contributed by atoms with E-state index < -0.39 is 64.1 Å². The third-order valence-electron chi connectivity index (χ3n) is 28.1. The van der Waals surface area contributed by atoms with Gasteiger partial charge in [0.05, 0.1) is 52.6 Å². The summed E-state index contributed by atoms with van der Waals surface area (Å²) in [6, 6.07) is 80.7. The molecule has 0 N–H and O–H groups in total. The molecule has 8 heterocycles. The number of oxazole rings is 2. The summed E-state index contributed by atoms with van der Waals surface area (Å²) in [7, 11) is -2.92. The molecule has 20 aromatic rings. The Hall–Kier alpha value is -14.4. The summed E-state index contributed by atoms with van der Waals surface area (Å²) in [6.07, 6.45) is 2.94. The summed E-state index contributed by atoms with van der Waals surface area (Å²) in [5.74, 6) is 1.80. The van der Waals surface area contributed by atoms with Gasteiger partial charge in [0.25, 0.3) is 0 Å². The lowest BCUT2D eigenvalue weighted by Gasteiger charge is -2.42. The highest BCUT2D eigenvalue weighted by Gasteiger charge is 2.50. The maximum atomic E-state index is 9.11. The molecule has 612 valence electrons. The van der Waals surface area contributed by atoms with Crippen molar-refractivity contribution in [1.82, 2.24) is 38.7 Å². The summed E-state index contributed by atoms with van der Waals surface area (Å²) in [6.45, 7) is 9.36. The third kappa shape index (κ3) is 11.1. The molecule has 13 heteroatoms. The van der Waals surface area contributed by atoms with Gasteiger partial charge in [-0.05, 0) is 234 Å². The van der Waals surface area contributed by atoms with Crippen LogP contribution in [0.25, 0.3) is 190 Å². The van der Waals surface area contributed by atoms with Crippen molar-refractivity contribution in [3.05, 3.63) is 330 Å². The topological polar surface area (TPSA) is 131 Å². The molecular weight excluding hydrogens is 1560 g/mol. The summed E-state index contributed by atoms with van der Waals surface area (Å²) < 4.78 is 176. The van der Waals surface area contributed by atoms with Crippen LogP contribution in [-0.4, -0.2) is 46.8 Å². The van der Waals surface area contributed by atoms with E-state index in [1.165, 1.54) is 13.8 Å². The monoisotopic (exact) mass is 1670 g/mol. The number of aryl methyl sites for hydroxylation is 6. The number of benzene rings is 14. The average molecular weight is 1670 g/mol. The van der Waals surface area contributed by atoms with Crippen molar-refractivity contribution in [1.29, 1.82) is 0 Å². The van der Waals surface area contributed by atoms with Gasteiger partial charge in [-0.25, -0.2) is 19.9 Å². The Labute approximate surface area is 755 Å². The lowest BCUT2D eigenvalue weighted by atomic mass is 9.60. The van der Waals surface area contributed by atoms with E-state index in [0.717, 1.165) is 128 Å². The molecule has 14 aromatic carbocycles. The van der Waals surface area contributed by atoms with Gasteiger partial charge in [0.2, 0.25) is 0 Å². The summed E-state index contributed by atoms with van der Waals surface area (Å²) in [5.41, 5.74) is 23.6. The number of para-hydroxylation sites is 4. The van der Waals surface area contributed by atoms with E-state index in [1.54, 1.807) is 61.2 Å². The number of hydrogen-bond acceptors (Lipinski definition) is 10. The highest BCUT2D eigenvalue weighted by molar-refractivity contribution is 6.93. The van der Waals surface area contributed by atoms with E-state index in [0.29, 0.717) is 95.6 Å². The van der Waals surface area contributed by atoms with E-state index >= 15 is 0 Å². The fraction of sp³-hybridized carbons (Fsp3) is 0.168. The van der Waals surface area contributed by atoms with Crippen LogP contribution in [0.2, 0.25) is 13.1 Å². The Morgan fingerprint density at radius 1 is 0.357 bits per heavy atom. The molecule has 4 aliphatic rings. The average Bonchev–Trinajstić information content (AvgIpc) is 1.53. The Morgan fingerprint density at radius 2 is 0.762 bits per heavy atom. The minimum atomic E-state index is -2.92. The molecule has 0 fully saturated rings. The molecule has 126 heavy (non-hydrogen) atoms. The van der Waals surface area contributed by atoms with Crippen molar-refractivity contribution >= 4 is 69.2 Å². The zero-order valence-corrected chi connectivity index (χ0v) is 71.8. The van der Waals surface area contributed by atoms with E-state index in [2.05, 4.69) is 101 Å². The molecule has 0 radical (unpaired) electrons.